The van der Waals surface area contributed by atoms with Gasteiger partial charge in [-0.05, 0) is 6.92 Å². The topological polar surface area (TPSA) is 76.2 Å². The molecule has 1 aromatic carbocycles. The highest BCUT2D eigenvalue weighted by molar-refractivity contribution is 7.12. The Morgan fingerprint density at radius 3 is 2.72 bits per heavy atom. The number of carbonyl (C=O) groups is 1. The van der Waals surface area contributed by atoms with E-state index in [1.807, 2.05) is 37.3 Å². The molecule has 0 aliphatic carbocycles. The van der Waals surface area contributed by atoms with Gasteiger partial charge in [0.2, 0.25) is 0 Å². The average molecular weight is 262 g/mol. The fourth-order valence-corrected chi connectivity index (χ4v) is 2.69. The van der Waals surface area contributed by atoms with Gasteiger partial charge in [-0.25, -0.2) is 4.98 Å². The van der Waals surface area contributed by atoms with Crippen LogP contribution in [0.2, 0.25) is 0 Å². The third kappa shape index (κ3) is 2.75. The van der Waals surface area contributed by atoms with Crippen LogP contribution >= 0.6 is 11.3 Å². The number of nitrogens with zero attached hydrogens (tertiary/aromatic N) is 1. The predicted molar refractivity (Wildman–Crippen MR) is 71.6 cm³/mol. The van der Waals surface area contributed by atoms with E-state index in [1.165, 1.54) is 11.3 Å². The number of carboxylic acids is 1. The standard InChI is InChI=1S/C13H14N2O2S/c1-8-12(9-5-3-2-4-6-9)15-11(18-8)7-10(14)13(16)17/h2-6,10H,7,14H2,1H3,(H,16,17). The third-order valence-corrected chi connectivity index (χ3v) is 3.59. The Hall–Kier alpha value is -1.72. The molecule has 3 N–H and O–H groups in total. The Morgan fingerprint density at radius 2 is 2.11 bits per heavy atom. The molecule has 2 rings (SSSR count). The SMILES string of the molecule is Cc1sc(CC(N)C(=O)O)nc1-c1ccccc1. The first-order chi connectivity index (χ1) is 8.58. The zero-order valence-corrected chi connectivity index (χ0v) is 10.8. The van der Waals surface area contributed by atoms with Gasteiger partial charge in [-0.1, -0.05) is 30.3 Å². The number of aliphatic carboxylic acids is 1. The zero-order valence-electron chi connectivity index (χ0n) is 9.96. The number of benzene rings is 1. The highest BCUT2D eigenvalue weighted by Gasteiger charge is 2.16. The summed E-state index contributed by atoms with van der Waals surface area (Å²) >= 11 is 1.50. The molecule has 0 bridgehead atoms. The largest absolute Gasteiger partial charge is 0.480 e. The number of rotatable bonds is 4. The van der Waals surface area contributed by atoms with Crippen molar-refractivity contribution in [2.45, 2.75) is 19.4 Å². The van der Waals surface area contributed by atoms with Gasteiger partial charge in [-0.3, -0.25) is 4.79 Å². The minimum atomic E-state index is -0.996. The second kappa shape index (κ2) is 5.29. The lowest BCUT2D eigenvalue weighted by Gasteiger charge is -2.02. The van der Waals surface area contributed by atoms with Crippen LogP contribution in [0.3, 0.4) is 0 Å². The van der Waals surface area contributed by atoms with Gasteiger partial charge < -0.3 is 10.8 Å². The lowest BCUT2D eigenvalue weighted by Crippen LogP contribution is -2.32. The lowest BCUT2D eigenvalue weighted by molar-refractivity contribution is -0.138. The van der Waals surface area contributed by atoms with Crippen LogP contribution < -0.4 is 5.73 Å². The van der Waals surface area contributed by atoms with Crippen LogP contribution in [0.5, 0.6) is 0 Å². The summed E-state index contributed by atoms with van der Waals surface area (Å²) < 4.78 is 0. The number of aryl methyl sites for hydroxylation is 1. The fourth-order valence-electron chi connectivity index (χ4n) is 1.68. The molecule has 0 saturated carbocycles. The summed E-state index contributed by atoms with van der Waals surface area (Å²) in [6.45, 7) is 1.98. The summed E-state index contributed by atoms with van der Waals surface area (Å²) in [6.07, 6.45) is 0.272. The normalized spacial score (nSPS) is 12.3. The van der Waals surface area contributed by atoms with Gasteiger partial charge in [0.05, 0.1) is 10.7 Å². The van der Waals surface area contributed by atoms with Gasteiger partial charge in [0.1, 0.15) is 6.04 Å². The fraction of sp³-hybridized carbons (Fsp3) is 0.231. The molecule has 94 valence electrons. The lowest BCUT2D eigenvalue weighted by atomic mass is 10.1. The molecule has 0 amide bonds. The minimum Gasteiger partial charge on any atom is -0.480 e. The van der Waals surface area contributed by atoms with E-state index < -0.39 is 12.0 Å². The van der Waals surface area contributed by atoms with Gasteiger partial charge in [-0.2, -0.15) is 0 Å². The highest BCUT2D eigenvalue weighted by Crippen LogP contribution is 2.27. The van der Waals surface area contributed by atoms with E-state index in [9.17, 15) is 4.79 Å². The number of hydrogen-bond acceptors (Lipinski definition) is 4. The van der Waals surface area contributed by atoms with Crippen molar-refractivity contribution in [3.8, 4) is 11.3 Å². The highest BCUT2D eigenvalue weighted by atomic mass is 32.1. The molecule has 0 fully saturated rings. The van der Waals surface area contributed by atoms with Crippen LogP contribution in [0.25, 0.3) is 11.3 Å². The average Bonchev–Trinajstić information content (AvgIpc) is 2.71. The van der Waals surface area contributed by atoms with Gasteiger partial charge in [0.15, 0.2) is 0 Å². The molecule has 1 aromatic heterocycles. The first-order valence-corrected chi connectivity index (χ1v) is 6.39. The van der Waals surface area contributed by atoms with Crippen LogP contribution in [0.4, 0.5) is 0 Å². The first kappa shape index (κ1) is 12.7. The van der Waals surface area contributed by atoms with Crippen LogP contribution in [0, 0.1) is 6.92 Å². The summed E-state index contributed by atoms with van der Waals surface area (Å²) in [5.41, 5.74) is 7.47. The van der Waals surface area contributed by atoms with Gasteiger partial charge in [-0.15, -0.1) is 11.3 Å². The Labute approximate surface area is 109 Å². The molecule has 4 nitrogen and oxygen atoms in total. The molecule has 5 heteroatoms. The van der Waals surface area contributed by atoms with Crippen molar-refractivity contribution in [2.75, 3.05) is 0 Å². The maximum atomic E-state index is 10.7. The van der Waals surface area contributed by atoms with Gasteiger partial charge >= 0.3 is 5.97 Å². The Bertz CT molecular complexity index is 551. The number of carboxylic acid groups (broad SMARTS) is 1. The summed E-state index contributed by atoms with van der Waals surface area (Å²) in [5.74, 6) is -0.996. The van der Waals surface area contributed by atoms with Crippen molar-refractivity contribution in [1.82, 2.24) is 4.98 Å². The van der Waals surface area contributed by atoms with Crippen LogP contribution in [-0.2, 0) is 11.2 Å². The maximum absolute atomic E-state index is 10.7. The van der Waals surface area contributed by atoms with E-state index in [0.717, 1.165) is 21.1 Å². The van der Waals surface area contributed by atoms with Crippen molar-refractivity contribution in [3.63, 3.8) is 0 Å². The molecule has 0 spiro atoms. The number of hydrogen-bond donors (Lipinski definition) is 2. The summed E-state index contributed by atoms with van der Waals surface area (Å²) in [5, 5.41) is 9.55. The van der Waals surface area contributed by atoms with Crippen molar-refractivity contribution in [1.29, 1.82) is 0 Å². The molecular formula is C13H14N2O2S. The molecule has 2 aromatic rings. The van der Waals surface area contributed by atoms with E-state index in [0.29, 0.717) is 0 Å². The molecule has 0 radical (unpaired) electrons. The number of nitrogens with two attached hydrogens (primary N) is 1. The Kier molecular flexibility index (Phi) is 3.74. The molecule has 0 aliphatic rings. The zero-order chi connectivity index (χ0) is 13.1. The second-order valence-corrected chi connectivity index (χ2v) is 5.32. The molecule has 0 aliphatic heterocycles. The first-order valence-electron chi connectivity index (χ1n) is 5.58. The second-order valence-electron chi connectivity index (χ2n) is 4.03. The smallest absolute Gasteiger partial charge is 0.320 e. The van der Waals surface area contributed by atoms with E-state index in [2.05, 4.69) is 4.98 Å². The quantitative estimate of drug-likeness (QED) is 0.884. The molecule has 0 saturated heterocycles. The van der Waals surface area contributed by atoms with Crippen molar-refractivity contribution >= 4 is 17.3 Å². The monoisotopic (exact) mass is 262 g/mol. The molecule has 18 heavy (non-hydrogen) atoms. The summed E-state index contributed by atoms with van der Waals surface area (Å²) in [6, 6.07) is 8.95. The van der Waals surface area contributed by atoms with Crippen molar-refractivity contribution in [3.05, 3.63) is 40.2 Å². The van der Waals surface area contributed by atoms with Crippen molar-refractivity contribution in [2.24, 2.45) is 5.73 Å². The van der Waals surface area contributed by atoms with E-state index in [1.54, 1.807) is 0 Å². The molecule has 1 heterocycles. The van der Waals surface area contributed by atoms with Crippen molar-refractivity contribution < 1.29 is 9.90 Å². The Balaban J connectivity index is 2.25. The van der Waals surface area contributed by atoms with E-state index in [4.69, 9.17) is 10.8 Å². The number of aromatic nitrogens is 1. The molecular weight excluding hydrogens is 248 g/mol. The minimum absolute atomic E-state index is 0.272. The third-order valence-electron chi connectivity index (χ3n) is 2.60. The van der Waals surface area contributed by atoms with Crippen LogP contribution in [0.15, 0.2) is 30.3 Å². The summed E-state index contributed by atoms with van der Waals surface area (Å²) in [4.78, 5) is 16.3. The maximum Gasteiger partial charge on any atom is 0.320 e. The Morgan fingerprint density at radius 1 is 1.44 bits per heavy atom. The molecule has 1 unspecified atom stereocenters. The predicted octanol–water partition coefficient (Wildman–Crippen LogP) is 2.07. The van der Waals surface area contributed by atoms with Crippen LogP contribution in [-0.4, -0.2) is 22.1 Å². The summed E-state index contributed by atoms with van der Waals surface area (Å²) in [7, 11) is 0. The van der Waals surface area contributed by atoms with Crippen LogP contribution in [0.1, 0.15) is 9.88 Å². The van der Waals surface area contributed by atoms with Gasteiger partial charge in [0, 0.05) is 16.9 Å². The number of thiazole rings is 1. The van der Waals surface area contributed by atoms with E-state index >= 15 is 0 Å². The van der Waals surface area contributed by atoms with Gasteiger partial charge in [0.25, 0.3) is 0 Å². The molecule has 1 atom stereocenters. The van der Waals surface area contributed by atoms with E-state index in [-0.39, 0.29) is 6.42 Å².